The quantitative estimate of drug-likeness (QED) is 0.684. The van der Waals surface area contributed by atoms with Gasteiger partial charge in [-0.15, -0.1) is 0 Å². The molecular formula is C15H26N2O2S. The monoisotopic (exact) mass is 298 g/mol. The van der Waals surface area contributed by atoms with Crippen molar-refractivity contribution in [2.24, 2.45) is 0 Å². The maximum absolute atomic E-state index is 11.3. The van der Waals surface area contributed by atoms with E-state index in [4.69, 9.17) is 0 Å². The zero-order valence-electron chi connectivity index (χ0n) is 12.6. The van der Waals surface area contributed by atoms with Crippen molar-refractivity contribution in [3.8, 4) is 0 Å². The van der Waals surface area contributed by atoms with Crippen LogP contribution in [-0.2, 0) is 16.4 Å². The Labute approximate surface area is 122 Å². The molecule has 0 aliphatic heterocycles. The zero-order valence-corrected chi connectivity index (χ0v) is 13.5. The van der Waals surface area contributed by atoms with Gasteiger partial charge < -0.3 is 10.6 Å². The van der Waals surface area contributed by atoms with Gasteiger partial charge in [-0.1, -0.05) is 26.0 Å². The molecule has 1 aromatic carbocycles. The molecule has 0 atom stereocenters. The van der Waals surface area contributed by atoms with Gasteiger partial charge >= 0.3 is 0 Å². The Balaban J connectivity index is 2.20. The molecule has 0 fully saturated rings. The summed E-state index contributed by atoms with van der Waals surface area (Å²) in [5, 5.41) is 6.76. The van der Waals surface area contributed by atoms with E-state index in [9.17, 15) is 8.42 Å². The topological polar surface area (TPSA) is 58.2 Å². The SMILES string of the molecule is CC(C)NCCCCNCc1ccc(S(C)(=O)=O)cc1. The summed E-state index contributed by atoms with van der Waals surface area (Å²) in [5.74, 6) is 0. The Morgan fingerprint density at radius 2 is 1.65 bits per heavy atom. The van der Waals surface area contributed by atoms with Gasteiger partial charge in [-0.05, 0) is 43.6 Å². The van der Waals surface area contributed by atoms with Crippen molar-refractivity contribution in [3.63, 3.8) is 0 Å². The summed E-state index contributed by atoms with van der Waals surface area (Å²) in [6.07, 6.45) is 3.53. The fraction of sp³-hybridized carbons (Fsp3) is 0.600. The minimum atomic E-state index is -3.09. The highest BCUT2D eigenvalue weighted by molar-refractivity contribution is 7.90. The lowest BCUT2D eigenvalue weighted by Crippen LogP contribution is -2.24. The Morgan fingerprint density at radius 3 is 2.20 bits per heavy atom. The molecule has 0 spiro atoms. The molecule has 0 amide bonds. The van der Waals surface area contributed by atoms with E-state index in [0.29, 0.717) is 10.9 Å². The second-order valence-electron chi connectivity index (χ2n) is 5.41. The highest BCUT2D eigenvalue weighted by atomic mass is 32.2. The van der Waals surface area contributed by atoms with E-state index in [2.05, 4.69) is 24.5 Å². The van der Waals surface area contributed by atoms with Crippen LogP contribution in [0.3, 0.4) is 0 Å². The smallest absolute Gasteiger partial charge is 0.175 e. The minimum Gasteiger partial charge on any atom is -0.315 e. The van der Waals surface area contributed by atoms with Gasteiger partial charge in [-0.2, -0.15) is 0 Å². The number of hydrogen-bond donors (Lipinski definition) is 2. The Bertz CT molecular complexity index is 481. The predicted octanol–water partition coefficient (Wildman–Crippen LogP) is 1.96. The fourth-order valence-corrected chi connectivity index (χ4v) is 2.48. The Morgan fingerprint density at radius 1 is 1.05 bits per heavy atom. The van der Waals surface area contributed by atoms with Crippen molar-refractivity contribution < 1.29 is 8.42 Å². The molecule has 0 aromatic heterocycles. The third-order valence-corrected chi connectivity index (χ3v) is 4.14. The Hall–Kier alpha value is -0.910. The molecule has 1 aromatic rings. The molecule has 0 aliphatic rings. The molecule has 0 radical (unpaired) electrons. The van der Waals surface area contributed by atoms with E-state index in [-0.39, 0.29) is 0 Å². The number of rotatable bonds is 9. The molecule has 0 unspecified atom stereocenters. The van der Waals surface area contributed by atoms with Crippen LogP contribution in [0.25, 0.3) is 0 Å². The van der Waals surface area contributed by atoms with E-state index in [0.717, 1.165) is 38.0 Å². The first kappa shape index (κ1) is 17.1. The van der Waals surface area contributed by atoms with E-state index >= 15 is 0 Å². The number of hydrogen-bond acceptors (Lipinski definition) is 4. The molecule has 1 rings (SSSR count). The first-order valence-corrected chi connectivity index (χ1v) is 9.02. The predicted molar refractivity (Wildman–Crippen MR) is 83.6 cm³/mol. The summed E-state index contributed by atoms with van der Waals surface area (Å²) in [6.45, 7) is 7.12. The number of nitrogens with one attached hydrogen (secondary N) is 2. The van der Waals surface area contributed by atoms with Crippen molar-refractivity contribution in [3.05, 3.63) is 29.8 Å². The molecule has 0 aliphatic carbocycles. The van der Waals surface area contributed by atoms with Crippen LogP contribution in [0.2, 0.25) is 0 Å². The van der Waals surface area contributed by atoms with Crippen LogP contribution in [0.5, 0.6) is 0 Å². The van der Waals surface area contributed by atoms with Gasteiger partial charge in [-0.25, -0.2) is 8.42 Å². The van der Waals surface area contributed by atoms with E-state index in [1.807, 2.05) is 12.1 Å². The van der Waals surface area contributed by atoms with Gasteiger partial charge in [0.2, 0.25) is 0 Å². The maximum atomic E-state index is 11.3. The summed E-state index contributed by atoms with van der Waals surface area (Å²) < 4.78 is 22.7. The van der Waals surface area contributed by atoms with Gasteiger partial charge in [-0.3, -0.25) is 0 Å². The van der Waals surface area contributed by atoms with Crippen LogP contribution < -0.4 is 10.6 Å². The molecule has 5 heteroatoms. The summed E-state index contributed by atoms with van der Waals surface area (Å²) in [4.78, 5) is 0.376. The van der Waals surface area contributed by atoms with Gasteiger partial charge in [0.15, 0.2) is 9.84 Å². The second kappa shape index (κ2) is 8.39. The van der Waals surface area contributed by atoms with Crippen molar-refractivity contribution in [1.29, 1.82) is 0 Å². The highest BCUT2D eigenvalue weighted by Crippen LogP contribution is 2.10. The molecule has 2 N–H and O–H groups in total. The molecule has 0 bridgehead atoms. The molecule has 0 saturated carbocycles. The summed E-state index contributed by atoms with van der Waals surface area (Å²) in [5.41, 5.74) is 1.11. The number of benzene rings is 1. The van der Waals surface area contributed by atoms with Gasteiger partial charge in [0, 0.05) is 18.8 Å². The van der Waals surface area contributed by atoms with Gasteiger partial charge in [0.05, 0.1) is 4.90 Å². The largest absolute Gasteiger partial charge is 0.315 e. The minimum absolute atomic E-state index is 0.376. The van der Waals surface area contributed by atoms with Crippen LogP contribution >= 0.6 is 0 Å². The van der Waals surface area contributed by atoms with Crippen molar-refractivity contribution >= 4 is 9.84 Å². The first-order chi connectivity index (χ1) is 9.39. The molecular weight excluding hydrogens is 272 g/mol. The van der Waals surface area contributed by atoms with Crippen molar-refractivity contribution in [2.75, 3.05) is 19.3 Å². The lowest BCUT2D eigenvalue weighted by Gasteiger charge is -2.08. The van der Waals surface area contributed by atoms with E-state index < -0.39 is 9.84 Å². The zero-order chi connectivity index (χ0) is 15.0. The van der Waals surface area contributed by atoms with Crippen LogP contribution in [0.1, 0.15) is 32.3 Å². The average Bonchev–Trinajstić information content (AvgIpc) is 2.37. The van der Waals surface area contributed by atoms with Crippen molar-refractivity contribution in [1.82, 2.24) is 10.6 Å². The standard InChI is InChI=1S/C15H26N2O2S/c1-13(2)17-11-5-4-10-16-12-14-6-8-15(9-7-14)20(3,18)19/h6-9,13,16-17H,4-5,10-12H2,1-3H3. The second-order valence-corrected chi connectivity index (χ2v) is 7.42. The number of unbranched alkanes of at least 4 members (excludes halogenated alkanes) is 1. The van der Waals surface area contributed by atoms with Crippen LogP contribution in [0.4, 0.5) is 0 Å². The summed E-state index contributed by atoms with van der Waals surface area (Å²) >= 11 is 0. The van der Waals surface area contributed by atoms with Gasteiger partial charge in [0.1, 0.15) is 0 Å². The fourth-order valence-electron chi connectivity index (χ4n) is 1.85. The van der Waals surface area contributed by atoms with Gasteiger partial charge in [0.25, 0.3) is 0 Å². The first-order valence-electron chi connectivity index (χ1n) is 7.12. The van der Waals surface area contributed by atoms with Crippen LogP contribution in [-0.4, -0.2) is 33.8 Å². The maximum Gasteiger partial charge on any atom is 0.175 e. The van der Waals surface area contributed by atoms with Crippen LogP contribution in [0.15, 0.2) is 29.2 Å². The molecule has 0 heterocycles. The summed E-state index contributed by atoms with van der Waals surface area (Å²) in [6, 6.07) is 7.61. The third-order valence-electron chi connectivity index (χ3n) is 3.01. The molecule has 0 saturated heterocycles. The summed E-state index contributed by atoms with van der Waals surface area (Å²) in [7, 11) is -3.09. The van der Waals surface area contributed by atoms with E-state index in [1.165, 1.54) is 6.26 Å². The lowest BCUT2D eigenvalue weighted by atomic mass is 10.2. The molecule has 4 nitrogen and oxygen atoms in total. The molecule has 114 valence electrons. The highest BCUT2D eigenvalue weighted by Gasteiger charge is 2.05. The average molecular weight is 298 g/mol. The Kier molecular flexibility index (Phi) is 7.19. The molecule has 20 heavy (non-hydrogen) atoms. The van der Waals surface area contributed by atoms with Crippen molar-refractivity contribution in [2.45, 2.75) is 44.2 Å². The normalized spacial score (nSPS) is 12.0. The lowest BCUT2D eigenvalue weighted by molar-refractivity contribution is 0.541. The van der Waals surface area contributed by atoms with Crippen LogP contribution in [0, 0.1) is 0 Å². The third kappa shape index (κ3) is 7.03. The van der Waals surface area contributed by atoms with E-state index in [1.54, 1.807) is 12.1 Å². The number of sulfone groups is 1.